The maximum absolute atomic E-state index is 11.5. The molecule has 0 bridgehead atoms. The molecule has 1 aliphatic rings. The van der Waals surface area contributed by atoms with Crippen molar-refractivity contribution in [2.24, 2.45) is 11.7 Å². The van der Waals surface area contributed by atoms with E-state index < -0.39 is 0 Å². The molecule has 3 heterocycles. The Balaban J connectivity index is 1.99. The zero-order valence-corrected chi connectivity index (χ0v) is 10.2. The number of rotatable bonds is 2. The highest BCUT2D eigenvalue weighted by atomic mass is 16.2. The molecule has 1 fully saturated rings. The lowest BCUT2D eigenvalue weighted by molar-refractivity contribution is 0.579. The first-order chi connectivity index (χ1) is 8.69. The molecule has 1 saturated heterocycles. The molecule has 2 aromatic rings. The summed E-state index contributed by atoms with van der Waals surface area (Å²) >= 11 is 0. The molecule has 2 unspecified atom stereocenters. The molecule has 0 saturated carbocycles. The van der Waals surface area contributed by atoms with Gasteiger partial charge in [0.25, 0.3) is 0 Å². The van der Waals surface area contributed by atoms with Gasteiger partial charge in [0.15, 0.2) is 5.65 Å². The molecule has 3 rings (SSSR count). The predicted molar refractivity (Wildman–Crippen MR) is 67.6 cm³/mol. The van der Waals surface area contributed by atoms with Crippen molar-refractivity contribution in [3.05, 3.63) is 22.6 Å². The van der Waals surface area contributed by atoms with E-state index in [1.165, 1.54) is 4.52 Å². The van der Waals surface area contributed by atoms with E-state index in [0.29, 0.717) is 24.2 Å². The number of aromatic amines is 1. The van der Waals surface area contributed by atoms with Crippen LogP contribution in [0.5, 0.6) is 0 Å². The van der Waals surface area contributed by atoms with Crippen molar-refractivity contribution in [2.45, 2.75) is 19.4 Å². The molecule has 7 heteroatoms. The van der Waals surface area contributed by atoms with Crippen molar-refractivity contribution >= 4 is 11.5 Å². The second-order valence-corrected chi connectivity index (χ2v) is 4.83. The minimum atomic E-state index is -0.311. The summed E-state index contributed by atoms with van der Waals surface area (Å²) in [5, 5.41) is 10.6. The molecule has 2 atom stereocenters. The summed E-state index contributed by atoms with van der Waals surface area (Å²) in [7, 11) is 0. The molecule has 0 radical (unpaired) electrons. The summed E-state index contributed by atoms with van der Waals surface area (Å²) in [5.74, 6) is 1.30. The monoisotopic (exact) mass is 248 g/mol. The smallest absolute Gasteiger partial charge is 0.352 e. The van der Waals surface area contributed by atoms with Crippen LogP contribution in [0, 0.1) is 5.92 Å². The van der Waals surface area contributed by atoms with Crippen LogP contribution in [0.2, 0.25) is 0 Å². The summed E-state index contributed by atoms with van der Waals surface area (Å²) in [6.07, 6.45) is 1.07. The molecule has 1 aliphatic heterocycles. The maximum atomic E-state index is 11.5. The molecular formula is C11H16N6O. The lowest BCUT2D eigenvalue weighted by Gasteiger charge is -2.22. The number of nitrogens with two attached hydrogens (primary N) is 1. The van der Waals surface area contributed by atoms with Crippen LogP contribution in [0.15, 0.2) is 16.9 Å². The van der Waals surface area contributed by atoms with Crippen LogP contribution in [0.4, 0.5) is 5.82 Å². The normalized spacial score (nSPS) is 24.0. The second kappa shape index (κ2) is 4.09. The fourth-order valence-electron chi connectivity index (χ4n) is 2.58. The Morgan fingerprint density at radius 3 is 3.11 bits per heavy atom. The average molecular weight is 248 g/mol. The minimum absolute atomic E-state index is 0.311. The highest BCUT2D eigenvalue weighted by molar-refractivity contribution is 5.46. The quantitative estimate of drug-likeness (QED) is 0.754. The van der Waals surface area contributed by atoms with Crippen LogP contribution < -0.4 is 16.3 Å². The third-order valence-electron chi connectivity index (χ3n) is 3.55. The van der Waals surface area contributed by atoms with Gasteiger partial charge in [0, 0.05) is 12.6 Å². The summed E-state index contributed by atoms with van der Waals surface area (Å²) in [5.41, 5.74) is 5.94. The van der Waals surface area contributed by atoms with Gasteiger partial charge < -0.3 is 10.6 Å². The number of nitrogens with zero attached hydrogens (tertiary/aromatic N) is 4. The van der Waals surface area contributed by atoms with E-state index in [9.17, 15) is 4.79 Å². The van der Waals surface area contributed by atoms with Crippen molar-refractivity contribution in [2.75, 3.05) is 18.0 Å². The average Bonchev–Trinajstić information content (AvgIpc) is 2.93. The Labute approximate surface area is 104 Å². The summed E-state index contributed by atoms with van der Waals surface area (Å²) in [4.78, 5) is 13.7. The van der Waals surface area contributed by atoms with E-state index in [0.717, 1.165) is 18.8 Å². The van der Waals surface area contributed by atoms with Gasteiger partial charge in [-0.15, -0.1) is 5.10 Å². The van der Waals surface area contributed by atoms with Crippen molar-refractivity contribution < 1.29 is 0 Å². The molecule has 0 aromatic carbocycles. The largest absolute Gasteiger partial charge is 0.364 e. The van der Waals surface area contributed by atoms with Crippen LogP contribution in [0.3, 0.4) is 0 Å². The minimum Gasteiger partial charge on any atom is -0.352 e. The Kier molecular flexibility index (Phi) is 2.55. The third-order valence-corrected chi connectivity index (χ3v) is 3.55. The fraction of sp³-hybridized carbons (Fsp3) is 0.545. The van der Waals surface area contributed by atoms with Gasteiger partial charge in [0.05, 0.1) is 0 Å². The first-order valence-electron chi connectivity index (χ1n) is 6.10. The van der Waals surface area contributed by atoms with E-state index in [1.54, 1.807) is 6.07 Å². The first-order valence-corrected chi connectivity index (χ1v) is 6.10. The van der Waals surface area contributed by atoms with E-state index in [1.807, 2.05) is 6.07 Å². The highest BCUT2D eigenvalue weighted by Crippen LogP contribution is 2.26. The Bertz CT molecular complexity index is 617. The summed E-state index contributed by atoms with van der Waals surface area (Å²) in [6, 6.07) is 4.08. The molecule has 7 nitrogen and oxygen atoms in total. The van der Waals surface area contributed by atoms with E-state index in [2.05, 4.69) is 27.1 Å². The SMILES string of the molecule is CC1CC(CN)CN1c1ccc2n[nH]c(=O)n2n1. The van der Waals surface area contributed by atoms with Gasteiger partial charge in [-0.1, -0.05) is 0 Å². The lowest BCUT2D eigenvalue weighted by Crippen LogP contribution is -2.29. The van der Waals surface area contributed by atoms with Crippen molar-refractivity contribution in [3.8, 4) is 0 Å². The van der Waals surface area contributed by atoms with E-state index in [-0.39, 0.29) is 5.69 Å². The molecule has 0 spiro atoms. The number of H-pyrrole nitrogens is 1. The molecule has 96 valence electrons. The molecular weight excluding hydrogens is 232 g/mol. The predicted octanol–water partition coefficient (Wildman–Crippen LogP) is -0.409. The Morgan fingerprint density at radius 2 is 2.39 bits per heavy atom. The molecule has 18 heavy (non-hydrogen) atoms. The van der Waals surface area contributed by atoms with E-state index in [4.69, 9.17) is 5.73 Å². The lowest BCUT2D eigenvalue weighted by atomic mass is 10.1. The van der Waals surface area contributed by atoms with Crippen LogP contribution >= 0.6 is 0 Å². The first kappa shape index (κ1) is 11.2. The second-order valence-electron chi connectivity index (χ2n) is 4.83. The topological polar surface area (TPSA) is 92.3 Å². The summed E-state index contributed by atoms with van der Waals surface area (Å²) < 4.78 is 1.29. The number of hydrogen-bond donors (Lipinski definition) is 2. The highest BCUT2D eigenvalue weighted by Gasteiger charge is 2.29. The van der Waals surface area contributed by atoms with Crippen LogP contribution in [0.1, 0.15) is 13.3 Å². The fourth-order valence-corrected chi connectivity index (χ4v) is 2.58. The van der Waals surface area contributed by atoms with Gasteiger partial charge in [-0.2, -0.15) is 9.61 Å². The summed E-state index contributed by atoms with van der Waals surface area (Å²) in [6.45, 7) is 3.73. The molecule has 0 aliphatic carbocycles. The molecule has 2 aromatic heterocycles. The van der Waals surface area contributed by atoms with Crippen molar-refractivity contribution in [1.82, 2.24) is 19.8 Å². The number of anilines is 1. The van der Waals surface area contributed by atoms with Gasteiger partial charge in [0.1, 0.15) is 5.82 Å². The van der Waals surface area contributed by atoms with Gasteiger partial charge >= 0.3 is 5.69 Å². The Morgan fingerprint density at radius 1 is 1.56 bits per heavy atom. The van der Waals surface area contributed by atoms with Crippen LogP contribution in [0.25, 0.3) is 5.65 Å². The van der Waals surface area contributed by atoms with Gasteiger partial charge in [0.2, 0.25) is 0 Å². The number of hydrogen-bond acceptors (Lipinski definition) is 5. The van der Waals surface area contributed by atoms with Crippen LogP contribution in [-0.4, -0.2) is 38.9 Å². The standard InChI is InChI=1S/C11H16N6O/c1-7-4-8(5-12)6-16(7)10-3-2-9-13-14-11(18)17(9)15-10/h2-3,7-8H,4-6,12H2,1H3,(H,14,18). The molecule has 0 amide bonds. The Hall–Kier alpha value is -1.89. The van der Waals surface area contributed by atoms with Crippen molar-refractivity contribution in [3.63, 3.8) is 0 Å². The number of fused-ring (bicyclic) bond motifs is 1. The van der Waals surface area contributed by atoms with Crippen LogP contribution in [-0.2, 0) is 0 Å². The maximum Gasteiger partial charge on any atom is 0.364 e. The van der Waals surface area contributed by atoms with Crippen molar-refractivity contribution in [1.29, 1.82) is 0 Å². The van der Waals surface area contributed by atoms with Gasteiger partial charge in [-0.3, -0.25) is 0 Å². The van der Waals surface area contributed by atoms with E-state index >= 15 is 0 Å². The molecule has 3 N–H and O–H groups in total. The number of aromatic nitrogens is 4. The zero-order valence-electron chi connectivity index (χ0n) is 10.2. The van der Waals surface area contributed by atoms with Gasteiger partial charge in [-0.25, -0.2) is 9.89 Å². The zero-order chi connectivity index (χ0) is 12.7. The number of nitrogens with one attached hydrogen (secondary N) is 1. The van der Waals surface area contributed by atoms with Gasteiger partial charge in [-0.05, 0) is 37.9 Å². The third kappa shape index (κ3) is 1.67.